The minimum Gasteiger partial charge on any atom is -0.383 e. The predicted octanol–water partition coefficient (Wildman–Crippen LogP) is 6.00. The van der Waals surface area contributed by atoms with Crippen LogP contribution in [0.2, 0.25) is 0 Å². The molecule has 3 aromatic rings. The fourth-order valence-electron chi connectivity index (χ4n) is 2.17. The molecule has 0 unspecified atom stereocenters. The molecule has 0 atom stereocenters. The average molecular weight is 435 g/mol. The zero-order valence-corrected chi connectivity index (χ0v) is 15.5. The summed E-state index contributed by atoms with van der Waals surface area (Å²) in [5.74, 6) is 0.530. The van der Waals surface area contributed by atoms with Gasteiger partial charge < -0.3 is 5.32 Å². The Morgan fingerprint density at radius 2 is 2.00 bits per heavy atom. The lowest BCUT2D eigenvalue weighted by molar-refractivity contribution is 1.13. The molecule has 3 rings (SSSR count). The van der Waals surface area contributed by atoms with Gasteiger partial charge in [-0.1, -0.05) is 0 Å². The van der Waals surface area contributed by atoms with Gasteiger partial charge in [0.15, 0.2) is 5.82 Å². The van der Waals surface area contributed by atoms with Crippen molar-refractivity contribution in [1.82, 2.24) is 9.97 Å². The van der Waals surface area contributed by atoms with E-state index in [1.165, 1.54) is 0 Å². The number of benzene rings is 1. The van der Waals surface area contributed by atoms with Crippen LogP contribution in [-0.4, -0.2) is 16.5 Å². The molecule has 0 saturated carbocycles. The molecule has 0 radical (unpaired) electrons. The topological polar surface area (TPSA) is 62.5 Å². The van der Waals surface area contributed by atoms with E-state index in [0.29, 0.717) is 5.82 Å². The molecule has 0 amide bonds. The Kier molecular flexibility index (Phi) is 4.97. The van der Waals surface area contributed by atoms with Crippen LogP contribution in [-0.2, 0) is 0 Å². The number of hydrogen-bond acceptors (Lipinski definition) is 5. The van der Waals surface area contributed by atoms with Gasteiger partial charge in [-0.3, -0.25) is 4.98 Å². The van der Waals surface area contributed by atoms with Gasteiger partial charge in [0.2, 0.25) is 0 Å². The van der Waals surface area contributed by atoms with Crippen LogP contribution >= 0.6 is 31.9 Å². The monoisotopic (exact) mass is 433 g/mol. The standard InChI is InChI=1S/C16H13Br2N5/c1-2-19-15-11-4-3-7-20-13(11)5-6-14(15)22-23-16-12(18)8-10(17)9-21-16/h3-9,19H,2H2,1H3. The number of nitrogens with one attached hydrogen (secondary N) is 1. The minimum atomic E-state index is 0.530. The first-order valence-corrected chi connectivity index (χ1v) is 8.62. The third-order valence-corrected chi connectivity index (χ3v) is 4.17. The van der Waals surface area contributed by atoms with Crippen molar-refractivity contribution < 1.29 is 0 Å². The molecule has 0 aliphatic rings. The minimum absolute atomic E-state index is 0.530. The molecular formula is C16H13Br2N5. The number of nitrogens with zero attached hydrogens (tertiary/aromatic N) is 4. The fourth-order valence-corrected chi connectivity index (χ4v) is 3.24. The summed E-state index contributed by atoms with van der Waals surface area (Å²) < 4.78 is 1.66. The van der Waals surface area contributed by atoms with Crippen LogP contribution in [0.1, 0.15) is 6.92 Å². The van der Waals surface area contributed by atoms with Gasteiger partial charge in [-0.05, 0) is 69.1 Å². The van der Waals surface area contributed by atoms with E-state index in [1.54, 1.807) is 12.4 Å². The Morgan fingerprint density at radius 3 is 2.78 bits per heavy atom. The largest absolute Gasteiger partial charge is 0.383 e. The van der Waals surface area contributed by atoms with Crippen molar-refractivity contribution in [3.8, 4) is 0 Å². The van der Waals surface area contributed by atoms with Crippen LogP contribution in [0.15, 0.2) is 61.9 Å². The molecular weight excluding hydrogens is 422 g/mol. The first kappa shape index (κ1) is 16.0. The number of fused-ring (bicyclic) bond motifs is 1. The maximum atomic E-state index is 4.37. The molecule has 0 aliphatic carbocycles. The molecule has 23 heavy (non-hydrogen) atoms. The summed E-state index contributed by atoms with van der Waals surface area (Å²) in [6.45, 7) is 2.83. The van der Waals surface area contributed by atoms with E-state index in [2.05, 4.69) is 57.4 Å². The maximum Gasteiger partial charge on any atom is 0.188 e. The van der Waals surface area contributed by atoms with Crippen molar-refractivity contribution in [2.75, 3.05) is 11.9 Å². The highest BCUT2D eigenvalue weighted by atomic mass is 79.9. The van der Waals surface area contributed by atoms with E-state index in [9.17, 15) is 0 Å². The van der Waals surface area contributed by atoms with Crippen molar-refractivity contribution >= 4 is 60.0 Å². The van der Waals surface area contributed by atoms with Gasteiger partial charge in [-0.25, -0.2) is 4.98 Å². The second kappa shape index (κ2) is 7.14. The number of azo groups is 1. The number of pyridine rings is 2. The lowest BCUT2D eigenvalue weighted by Crippen LogP contribution is -1.98. The van der Waals surface area contributed by atoms with E-state index >= 15 is 0 Å². The summed E-state index contributed by atoms with van der Waals surface area (Å²) in [5, 5.41) is 13.0. The van der Waals surface area contributed by atoms with Crippen LogP contribution in [0.4, 0.5) is 17.2 Å². The molecule has 116 valence electrons. The number of anilines is 1. The fraction of sp³-hybridized carbons (Fsp3) is 0.125. The van der Waals surface area contributed by atoms with Crippen molar-refractivity contribution in [1.29, 1.82) is 0 Å². The van der Waals surface area contributed by atoms with Gasteiger partial charge in [-0.15, -0.1) is 10.2 Å². The summed E-state index contributed by atoms with van der Waals surface area (Å²) in [7, 11) is 0. The molecule has 1 N–H and O–H groups in total. The molecule has 2 heterocycles. The average Bonchev–Trinajstić information content (AvgIpc) is 2.55. The summed E-state index contributed by atoms with van der Waals surface area (Å²) >= 11 is 6.81. The van der Waals surface area contributed by atoms with E-state index < -0.39 is 0 Å². The molecule has 5 nitrogen and oxygen atoms in total. The molecule has 0 fully saturated rings. The molecule has 0 bridgehead atoms. The Morgan fingerprint density at radius 1 is 1.13 bits per heavy atom. The summed E-state index contributed by atoms with van der Waals surface area (Å²) in [5.41, 5.74) is 2.60. The number of aromatic nitrogens is 2. The van der Waals surface area contributed by atoms with Gasteiger partial charge >= 0.3 is 0 Å². The Hall–Kier alpha value is -1.86. The Labute approximate surface area is 150 Å². The van der Waals surface area contributed by atoms with Crippen LogP contribution in [0.5, 0.6) is 0 Å². The van der Waals surface area contributed by atoms with Crippen molar-refractivity contribution in [2.24, 2.45) is 10.2 Å². The predicted molar refractivity (Wildman–Crippen MR) is 99.7 cm³/mol. The van der Waals surface area contributed by atoms with E-state index in [0.717, 1.165) is 37.8 Å². The number of rotatable bonds is 4. The number of halogens is 2. The summed E-state index contributed by atoms with van der Waals surface area (Å²) in [4.78, 5) is 8.61. The quantitative estimate of drug-likeness (QED) is 0.512. The second-order valence-corrected chi connectivity index (χ2v) is 6.49. The zero-order chi connectivity index (χ0) is 16.2. The van der Waals surface area contributed by atoms with Gasteiger partial charge in [0.05, 0.1) is 15.7 Å². The lowest BCUT2D eigenvalue weighted by Gasteiger charge is -2.10. The van der Waals surface area contributed by atoms with Crippen molar-refractivity contribution in [3.05, 3.63) is 51.7 Å². The highest BCUT2D eigenvalue weighted by Gasteiger charge is 2.08. The van der Waals surface area contributed by atoms with Crippen LogP contribution in [0, 0.1) is 0 Å². The molecule has 1 aromatic carbocycles. The van der Waals surface area contributed by atoms with Crippen molar-refractivity contribution in [3.63, 3.8) is 0 Å². The van der Waals surface area contributed by atoms with E-state index in [-0.39, 0.29) is 0 Å². The Bertz CT molecular complexity index is 879. The molecule has 0 saturated heterocycles. The Balaban J connectivity index is 2.05. The molecule has 0 spiro atoms. The highest BCUT2D eigenvalue weighted by Crippen LogP contribution is 2.34. The van der Waals surface area contributed by atoms with Gasteiger partial charge in [-0.2, -0.15) is 0 Å². The normalized spacial score (nSPS) is 11.3. The smallest absolute Gasteiger partial charge is 0.188 e. The zero-order valence-electron chi connectivity index (χ0n) is 12.3. The second-order valence-electron chi connectivity index (χ2n) is 4.72. The van der Waals surface area contributed by atoms with Crippen molar-refractivity contribution in [2.45, 2.75) is 6.92 Å². The summed E-state index contributed by atoms with van der Waals surface area (Å²) in [6, 6.07) is 9.67. The first-order valence-electron chi connectivity index (χ1n) is 7.03. The third kappa shape index (κ3) is 3.56. The van der Waals surface area contributed by atoms with Crippen LogP contribution in [0.25, 0.3) is 10.9 Å². The lowest BCUT2D eigenvalue weighted by atomic mass is 10.1. The van der Waals surface area contributed by atoms with Gasteiger partial charge in [0, 0.05) is 28.8 Å². The van der Waals surface area contributed by atoms with Gasteiger partial charge in [0.25, 0.3) is 0 Å². The van der Waals surface area contributed by atoms with Crippen LogP contribution in [0.3, 0.4) is 0 Å². The molecule has 0 aliphatic heterocycles. The van der Waals surface area contributed by atoms with E-state index in [1.807, 2.05) is 37.3 Å². The molecule has 7 heteroatoms. The highest BCUT2D eigenvalue weighted by molar-refractivity contribution is 9.11. The van der Waals surface area contributed by atoms with Crippen LogP contribution < -0.4 is 5.32 Å². The maximum absolute atomic E-state index is 4.37. The first-order chi connectivity index (χ1) is 11.2. The van der Waals surface area contributed by atoms with Gasteiger partial charge in [0.1, 0.15) is 5.69 Å². The SMILES string of the molecule is CCNc1c(N=Nc2ncc(Br)cc2Br)ccc2ncccc12. The van der Waals surface area contributed by atoms with E-state index in [4.69, 9.17) is 0 Å². The summed E-state index contributed by atoms with van der Waals surface area (Å²) in [6.07, 6.45) is 3.47. The molecule has 2 aromatic heterocycles. The third-order valence-electron chi connectivity index (χ3n) is 3.16. The number of hydrogen-bond donors (Lipinski definition) is 1.